The van der Waals surface area contributed by atoms with Crippen LogP contribution in [0.3, 0.4) is 0 Å². The largest absolute Gasteiger partial charge is 0.460 e. The maximum atomic E-state index is 12.5. The van der Waals surface area contributed by atoms with Gasteiger partial charge >= 0.3 is 23.9 Å². The van der Waals surface area contributed by atoms with Gasteiger partial charge in [-0.2, -0.15) is 9.98 Å². The molecule has 0 heterocycles. The van der Waals surface area contributed by atoms with Crippen LogP contribution in [0.5, 0.6) is 5.75 Å². The summed E-state index contributed by atoms with van der Waals surface area (Å²) in [5.74, 6) is -2.14. The third-order valence-corrected chi connectivity index (χ3v) is 7.53. The van der Waals surface area contributed by atoms with Crippen molar-refractivity contribution in [3.63, 3.8) is 0 Å². The molecule has 0 N–H and O–H groups in total. The van der Waals surface area contributed by atoms with Gasteiger partial charge in [-0.15, -0.1) is 0 Å². The average Bonchev–Trinajstić information content (AvgIpc) is 3.10. The average molecular weight is 679 g/mol. The number of isocyanates is 2. The Morgan fingerprint density at radius 1 is 0.612 bits per heavy atom. The van der Waals surface area contributed by atoms with Crippen LogP contribution in [0.15, 0.2) is 58.5 Å². The van der Waals surface area contributed by atoms with Crippen LogP contribution >= 0.6 is 0 Å². The van der Waals surface area contributed by atoms with Gasteiger partial charge < -0.3 is 18.9 Å². The van der Waals surface area contributed by atoms with E-state index in [9.17, 15) is 28.8 Å². The molecule has 0 aromatic heterocycles. The second-order valence-electron chi connectivity index (χ2n) is 11.5. The van der Waals surface area contributed by atoms with Crippen molar-refractivity contribution >= 4 is 47.4 Å². The molecule has 0 spiro atoms. The van der Waals surface area contributed by atoms with Gasteiger partial charge in [0.2, 0.25) is 12.2 Å². The number of hydrogen-bond donors (Lipinski definition) is 0. The van der Waals surface area contributed by atoms with E-state index in [1.165, 1.54) is 60.7 Å². The van der Waals surface area contributed by atoms with Gasteiger partial charge in [0, 0.05) is 6.42 Å². The Morgan fingerprint density at radius 2 is 1.12 bits per heavy atom. The topological polar surface area (TPSA) is 164 Å². The SMILES string of the molecule is CCCCCC[C@H](CCCCCCCCCCC(=O)OCC(=O)Oc1ccc(N=C=O)cc1)OC(=O)COC(=O)c1ccc(N=C=O)cc1. The molecule has 2 aromatic rings. The maximum Gasteiger partial charge on any atom is 0.349 e. The minimum absolute atomic E-state index is 0.221. The van der Waals surface area contributed by atoms with E-state index >= 15 is 0 Å². The molecule has 0 saturated heterocycles. The first-order valence-electron chi connectivity index (χ1n) is 16.9. The zero-order valence-corrected chi connectivity index (χ0v) is 28.2. The first kappa shape index (κ1) is 40.3. The smallest absolute Gasteiger partial charge is 0.349 e. The second-order valence-corrected chi connectivity index (χ2v) is 11.5. The molecule has 1 atom stereocenters. The molecule has 0 radical (unpaired) electrons. The number of ether oxygens (including phenoxy) is 4. The van der Waals surface area contributed by atoms with E-state index < -0.39 is 37.1 Å². The third kappa shape index (κ3) is 18.9. The molecule has 0 amide bonds. The van der Waals surface area contributed by atoms with Crippen molar-refractivity contribution in [2.75, 3.05) is 13.2 Å². The number of rotatable bonds is 25. The molecule has 49 heavy (non-hydrogen) atoms. The van der Waals surface area contributed by atoms with E-state index in [0.717, 1.165) is 83.5 Å². The highest BCUT2D eigenvalue weighted by Gasteiger charge is 2.17. The molecule has 2 rings (SSSR count). The van der Waals surface area contributed by atoms with Crippen molar-refractivity contribution in [2.45, 2.75) is 109 Å². The van der Waals surface area contributed by atoms with E-state index in [-0.39, 0.29) is 23.8 Å². The number of benzene rings is 2. The fourth-order valence-electron chi connectivity index (χ4n) is 4.93. The van der Waals surface area contributed by atoms with E-state index in [1.807, 2.05) is 0 Å². The van der Waals surface area contributed by atoms with Crippen LogP contribution in [-0.4, -0.2) is 55.4 Å². The van der Waals surface area contributed by atoms with Gasteiger partial charge in [-0.3, -0.25) is 4.79 Å². The van der Waals surface area contributed by atoms with Crippen molar-refractivity contribution in [2.24, 2.45) is 9.98 Å². The Kier molecular flexibility index (Phi) is 20.7. The van der Waals surface area contributed by atoms with Crippen LogP contribution in [0, 0.1) is 0 Å². The minimum atomic E-state index is -0.700. The summed E-state index contributed by atoms with van der Waals surface area (Å²) in [6.45, 7) is 1.19. The Bertz CT molecular complexity index is 1400. The lowest BCUT2D eigenvalue weighted by molar-refractivity contribution is -0.153. The van der Waals surface area contributed by atoms with Crippen LogP contribution in [-0.2, 0) is 38.2 Å². The van der Waals surface area contributed by atoms with Crippen molar-refractivity contribution < 1.29 is 47.7 Å². The lowest BCUT2D eigenvalue weighted by Gasteiger charge is -2.18. The van der Waals surface area contributed by atoms with E-state index in [1.54, 1.807) is 0 Å². The normalized spacial score (nSPS) is 11.0. The number of nitrogens with zero attached hydrogens (tertiary/aromatic N) is 2. The minimum Gasteiger partial charge on any atom is -0.460 e. The standard InChI is InChI=1S/C37H46N2O10/c1-2-3-4-11-14-32(48-36(44)26-47-37(45)29-17-19-30(20-18-29)38-27-40)15-12-9-7-5-6-8-10-13-16-34(42)46-25-35(43)49-33-23-21-31(22-24-33)39-28-41/h17-24,32H,2-16,25-26H2,1H3/t32-/m1/s1. The predicted molar refractivity (Wildman–Crippen MR) is 180 cm³/mol. The molecule has 0 aliphatic heterocycles. The number of unbranched alkanes of at least 4 members (excludes halogenated alkanes) is 10. The Labute approximate surface area is 287 Å². The number of aliphatic imine (C=N–C) groups is 2. The first-order valence-corrected chi connectivity index (χ1v) is 16.9. The summed E-state index contributed by atoms with van der Waals surface area (Å²) in [5, 5.41) is 0. The lowest BCUT2D eigenvalue weighted by atomic mass is 10.0. The summed E-state index contributed by atoms with van der Waals surface area (Å²) in [7, 11) is 0. The quantitative estimate of drug-likeness (QED) is 0.0254. The van der Waals surface area contributed by atoms with Crippen LogP contribution in [0.4, 0.5) is 11.4 Å². The van der Waals surface area contributed by atoms with E-state index in [4.69, 9.17) is 18.9 Å². The van der Waals surface area contributed by atoms with Crippen LogP contribution in [0.2, 0.25) is 0 Å². The summed E-state index contributed by atoms with van der Waals surface area (Å²) < 4.78 is 20.9. The summed E-state index contributed by atoms with van der Waals surface area (Å²) >= 11 is 0. The molecule has 264 valence electrons. The van der Waals surface area contributed by atoms with Gasteiger partial charge in [0.05, 0.1) is 16.9 Å². The zero-order valence-electron chi connectivity index (χ0n) is 28.2. The molecule has 12 heteroatoms. The monoisotopic (exact) mass is 678 g/mol. The molecular weight excluding hydrogens is 632 g/mol. The van der Waals surface area contributed by atoms with Crippen molar-refractivity contribution in [3.8, 4) is 5.75 Å². The molecule has 12 nitrogen and oxygen atoms in total. The zero-order chi connectivity index (χ0) is 35.5. The van der Waals surface area contributed by atoms with Gasteiger partial charge in [0.15, 0.2) is 13.2 Å². The first-order chi connectivity index (χ1) is 23.8. The Morgan fingerprint density at radius 3 is 1.69 bits per heavy atom. The highest BCUT2D eigenvalue weighted by atomic mass is 16.6. The molecule has 2 aromatic carbocycles. The van der Waals surface area contributed by atoms with Crippen molar-refractivity contribution in [3.05, 3.63) is 54.1 Å². The Balaban J connectivity index is 1.55. The highest BCUT2D eigenvalue weighted by Crippen LogP contribution is 2.19. The number of carbonyl (C=O) groups is 4. The Hall–Kier alpha value is -4.92. The lowest BCUT2D eigenvalue weighted by Crippen LogP contribution is -2.23. The van der Waals surface area contributed by atoms with Crippen molar-refractivity contribution in [1.29, 1.82) is 0 Å². The molecule has 0 bridgehead atoms. The molecule has 0 aliphatic rings. The summed E-state index contributed by atoms with van der Waals surface area (Å²) in [6, 6.07) is 11.8. The fourth-order valence-corrected chi connectivity index (χ4v) is 4.93. The third-order valence-electron chi connectivity index (χ3n) is 7.53. The molecule has 0 fully saturated rings. The highest BCUT2D eigenvalue weighted by molar-refractivity contribution is 5.91. The van der Waals surface area contributed by atoms with Gasteiger partial charge in [-0.1, -0.05) is 64.7 Å². The van der Waals surface area contributed by atoms with E-state index in [2.05, 4.69) is 16.9 Å². The number of carbonyl (C=O) groups excluding carboxylic acids is 6. The van der Waals surface area contributed by atoms with Crippen LogP contribution < -0.4 is 4.74 Å². The second kappa shape index (κ2) is 25.1. The van der Waals surface area contributed by atoms with Crippen molar-refractivity contribution in [1.82, 2.24) is 0 Å². The molecule has 0 unspecified atom stereocenters. The molecule has 0 saturated carbocycles. The number of hydrogen-bond acceptors (Lipinski definition) is 12. The molecular formula is C37H46N2O10. The van der Waals surface area contributed by atoms with Gasteiger partial charge in [-0.25, -0.2) is 24.0 Å². The van der Waals surface area contributed by atoms with Gasteiger partial charge in [0.25, 0.3) is 0 Å². The van der Waals surface area contributed by atoms with Crippen LogP contribution in [0.1, 0.15) is 114 Å². The summed E-state index contributed by atoms with van der Waals surface area (Å²) in [4.78, 5) is 76.1. The van der Waals surface area contributed by atoms with E-state index in [0.29, 0.717) is 17.8 Å². The summed E-state index contributed by atoms with van der Waals surface area (Å²) in [5.41, 5.74) is 0.981. The molecule has 0 aliphatic carbocycles. The van der Waals surface area contributed by atoms with Gasteiger partial charge in [0.1, 0.15) is 11.9 Å². The van der Waals surface area contributed by atoms with Gasteiger partial charge in [-0.05, 0) is 80.6 Å². The number of esters is 4. The van der Waals surface area contributed by atoms with Crippen LogP contribution in [0.25, 0.3) is 0 Å². The predicted octanol–water partition coefficient (Wildman–Crippen LogP) is 7.71. The summed E-state index contributed by atoms with van der Waals surface area (Å²) in [6.07, 6.45) is 16.3. The fraction of sp³-hybridized carbons (Fsp3) is 0.514. The maximum absolute atomic E-state index is 12.5.